The maximum Gasteiger partial charge on any atom is 0.323 e. The zero-order chi connectivity index (χ0) is 13.5. The molecule has 0 aromatic carbocycles. The molecule has 1 heterocycles. The van der Waals surface area contributed by atoms with Crippen LogP contribution in [0.15, 0.2) is 0 Å². The molecule has 0 aliphatic heterocycles. The van der Waals surface area contributed by atoms with E-state index in [1.807, 2.05) is 13.8 Å². The van der Waals surface area contributed by atoms with Crippen molar-refractivity contribution in [2.45, 2.75) is 32.1 Å². The van der Waals surface area contributed by atoms with Gasteiger partial charge in [-0.25, -0.2) is 5.84 Å². The highest BCUT2D eigenvalue weighted by atomic mass is 32.2. The van der Waals surface area contributed by atoms with Gasteiger partial charge in [0.05, 0.1) is 6.10 Å². The van der Waals surface area contributed by atoms with Crippen LogP contribution >= 0.6 is 11.8 Å². The highest BCUT2D eigenvalue weighted by molar-refractivity contribution is 7.99. The summed E-state index contributed by atoms with van der Waals surface area (Å²) in [5, 5.41) is 3.59. The lowest BCUT2D eigenvalue weighted by molar-refractivity contribution is 0.222. The van der Waals surface area contributed by atoms with Crippen LogP contribution in [0.5, 0.6) is 6.01 Å². The lowest BCUT2D eigenvalue weighted by atomic mass is 10.5. The second kappa shape index (κ2) is 7.22. The fraction of sp³-hybridized carbons (Fsp3) is 0.700. The van der Waals surface area contributed by atoms with Gasteiger partial charge in [0, 0.05) is 11.8 Å². The first-order chi connectivity index (χ1) is 8.55. The van der Waals surface area contributed by atoms with Crippen LogP contribution in [0.4, 0.5) is 11.9 Å². The Balaban J connectivity index is 2.76. The topological polar surface area (TPSA) is 98.0 Å². The maximum absolute atomic E-state index is 5.43. The third-order valence-electron chi connectivity index (χ3n) is 2.04. The van der Waals surface area contributed by atoms with Gasteiger partial charge in [0.1, 0.15) is 0 Å². The number of nitrogens with zero attached hydrogens (tertiary/aromatic N) is 3. The van der Waals surface area contributed by atoms with Crippen LogP contribution < -0.4 is 21.3 Å². The number of anilines is 2. The van der Waals surface area contributed by atoms with Gasteiger partial charge in [-0.3, -0.25) is 5.43 Å². The highest BCUT2D eigenvalue weighted by Crippen LogP contribution is 2.13. The van der Waals surface area contributed by atoms with E-state index in [1.165, 1.54) is 0 Å². The minimum atomic E-state index is -0.00371. The predicted molar refractivity (Wildman–Crippen MR) is 74.9 cm³/mol. The van der Waals surface area contributed by atoms with Gasteiger partial charge in [0.15, 0.2) is 0 Å². The fourth-order valence-electron chi connectivity index (χ4n) is 1.08. The molecule has 18 heavy (non-hydrogen) atoms. The molecule has 1 atom stereocenters. The van der Waals surface area contributed by atoms with E-state index in [0.29, 0.717) is 11.2 Å². The van der Waals surface area contributed by atoms with E-state index < -0.39 is 0 Å². The molecule has 0 aliphatic rings. The zero-order valence-electron chi connectivity index (χ0n) is 11.1. The summed E-state index contributed by atoms with van der Waals surface area (Å²) < 4.78 is 5.43. The Morgan fingerprint density at radius 1 is 1.22 bits per heavy atom. The summed E-state index contributed by atoms with van der Waals surface area (Å²) in [6.45, 7) is 6.69. The van der Waals surface area contributed by atoms with Crippen molar-refractivity contribution in [1.29, 1.82) is 0 Å². The van der Waals surface area contributed by atoms with Crippen LogP contribution in [0.1, 0.15) is 20.8 Å². The van der Waals surface area contributed by atoms with Gasteiger partial charge in [-0.2, -0.15) is 26.7 Å². The van der Waals surface area contributed by atoms with Crippen molar-refractivity contribution in [3.63, 3.8) is 0 Å². The standard InChI is InChI=1S/C10H20N6OS/c1-6(2)17-10-14-8(12-5-7(3)18-4)13-9(15-10)16-11/h6-7H,5,11H2,1-4H3,(H2,12,13,14,15,16). The molecule has 7 nitrogen and oxygen atoms in total. The van der Waals surface area contributed by atoms with Crippen LogP contribution in [0, 0.1) is 0 Å². The number of thioether (sulfide) groups is 1. The summed E-state index contributed by atoms with van der Waals surface area (Å²) in [6, 6.07) is 0.257. The quantitative estimate of drug-likeness (QED) is 0.501. The van der Waals surface area contributed by atoms with Gasteiger partial charge >= 0.3 is 6.01 Å². The Morgan fingerprint density at radius 2 is 1.89 bits per heavy atom. The molecule has 102 valence electrons. The molecular formula is C10H20N6OS. The summed E-state index contributed by atoms with van der Waals surface area (Å²) in [4.78, 5) is 12.3. The number of nitrogens with one attached hydrogen (secondary N) is 2. The van der Waals surface area contributed by atoms with Crippen LogP contribution in [-0.4, -0.2) is 39.1 Å². The van der Waals surface area contributed by atoms with Gasteiger partial charge in [-0.05, 0) is 20.1 Å². The first-order valence-electron chi connectivity index (χ1n) is 5.71. The van der Waals surface area contributed by atoms with Gasteiger partial charge in [0.25, 0.3) is 0 Å². The Labute approximate surface area is 111 Å². The van der Waals surface area contributed by atoms with Crippen molar-refractivity contribution in [3.05, 3.63) is 0 Å². The summed E-state index contributed by atoms with van der Waals surface area (Å²) in [5.74, 6) is 6.04. The molecule has 4 N–H and O–H groups in total. The average Bonchev–Trinajstić information content (AvgIpc) is 2.34. The van der Waals surface area contributed by atoms with E-state index >= 15 is 0 Å². The van der Waals surface area contributed by atoms with Crippen molar-refractivity contribution in [1.82, 2.24) is 15.0 Å². The molecule has 0 amide bonds. The summed E-state index contributed by atoms with van der Waals surface area (Å²) in [7, 11) is 0. The second-order valence-electron chi connectivity index (χ2n) is 4.00. The number of rotatable bonds is 7. The van der Waals surface area contributed by atoms with E-state index in [9.17, 15) is 0 Å². The number of nitrogen functional groups attached to an aromatic ring is 1. The number of hydrogen-bond acceptors (Lipinski definition) is 8. The zero-order valence-corrected chi connectivity index (χ0v) is 11.9. The van der Waals surface area contributed by atoms with E-state index in [4.69, 9.17) is 10.6 Å². The first-order valence-corrected chi connectivity index (χ1v) is 7.00. The lowest BCUT2D eigenvalue weighted by Crippen LogP contribution is -2.19. The maximum atomic E-state index is 5.43. The number of ether oxygens (including phenoxy) is 1. The molecule has 1 unspecified atom stereocenters. The third-order valence-corrected chi connectivity index (χ3v) is 3.01. The van der Waals surface area contributed by atoms with Gasteiger partial charge < -0.3 is 10.1 Å². The monoisotopic (exact) mass is 272 g/mol. The second-order valence-corrected chi connectivity index (χ2v) is 5.28. The first kappa shape index (κ1) is 14.8. The normalized spacial score (nSPS) is 12.3. The molecule has 1 aromatic heterocycles. The molecule has 0 spiro atoms. The van der Waals surface area contributed by atoms with E-state index in [1.54, 1.807) is 11.8 Å². The Bertz CT molecular complexity index is 375. The summed E-state index contributed by atoms with van der Waals surface area (Å²) in [6.07, 6.45) is 2.05. The van der Waals surface area contributed by atoms with Crippen LogP contribution in [0.25, 0.3) is 0 Å². The van der Waals surface area contributed by atoms with E-state index in [0.717, 1.165) is 6.54 Å². The molecular weight excluding hydrogens is 252 g/mol. The van der Waals surface area contributed by atoms with Crippen LogP contribution in [0.2, 0.25) is 0 Å². The molecule has 8 heteroatoms. The molecule has 0 fully saturated rings. The Morgan fingerprint density at radius 3 is 2.44 bits per heavy atom. The van der Waals surface area contributed by atoms with Gasteiger partial charge in [0.2, 0.25) is 11.9 Å². The lowest BCUT2D eigenvalue weighted by Gasteiger charge is -2.12. The smallest absolute Gasteiger partial charge is 0.323 e. The molecule has 0 bridgehead atoms. The predicted octanol–water partition coefficient (Wildman–Crippen LogP) is 1.11. The molecule has 0 saturated carbocycles. The molecule has 1 aromatic rings. The van der Waals surface area contributed by atoms with Crippen LogP contribution in [-0.2, 0) is 0 Å². The molecule has 0 radical (unpaired) electrons. The van der Waals surface area contributed by atoms with Crippen LogP contribution in [0.3, 0.4) is 0 Å². The van der Waals surface area contributed by atoms with E-state index in [2.05, 4.69) is 38.9 Å². The Kier molecular flexibility index (Phi) is 5.93. The largest absolute Gasteiger partial charge is 0.461 e. The summed E-state index contributed by atoms with van der Waals surface area (Å²) >= 11 is 1.76. The van der Waals surface area contributed by atoms with Crippen molar-refractivity contribution in [2.24, 2.45) is 5.84 Å². The van der Waals surface area contributed by atoms with Crippen molar-refractivity contribution >= 4 is 23.7 Å². The van der Waals surface area contributed by atoms with Crippen molar-refractivity contribution < 1.29 is 4.74 Å². The minimum Gasteiger partial charge on any atom is -0.461 e. The van der Waals surface area contributed by atoms with E-state index in [-0.39, 0.29) is 18.1 Å². The molecule has 0 aliphatic carbocycles. The minimum absolute atomic E-state index is 0.00371. The fourth-order valence-corrected chi connectivity index (χ4v) is 1.33. The highest BCUT2D eigenvalue weighted by Gasteiger charge is 2.09. The average molecular weight is 272 g/mol. The number of nitrogens with two attached hydrogens (primary N) is 1. The molecule has 1 rings (SSSR count). The molecule has 0 saturated heterocycles. The number of aromatic nitrogens is 3. The third kappa shape index (κ3) is 4.92. The number of hydrogen-bond donors (Lipinski definition) is 3. The summed E-state index contributed by atoms with van der Waals surface area (Å²) in [5.41, 5.74) is 2.40. The van der Waals surface area contributed by atoms with Gasteiger partial charge in [-0.1, -0.05) is 6.92 Å². The van der Waals surface area contributed by atoms with Crippen molar-refractivity contribution in [2.75, 3.05) is 23.5 Å². The SMILES string of the molecule is CSC(C)CNc1nc(NN)nc(OC(C)C)n1. The Hall–Kier alpha value is -1.28. The van der Waals surface area contributed by atoms with Crippen molar-refractivity contribution in [3.8, 4) is 6.01 Å². The van der Waals surface area contributed by atoms with Gasteiger partial charge in [-0.15, -0.1) is 0 Å². The number of hydrazine groups is 1.